The second-order valence-corrected chi connectivity index (χ2v) is 16.0. The molecule has 6 heterocycles. The SMILES string of the molecule is CCCCCCCCCCCCOC1C(CNC(=O)C2OC3OC(C)(C)OC3C2NC(=O)CN2CCN(c3ccccn3)CC2)OC2OC(C)(C)OC21. The summed E-state index contributed by atoms with van der Waals surface area (Å²) in [7, 11) is 0. The summed E-state index contributed by atoms with van der Waals surface area (Å²) < 4.78 is 43.1. The lowest BCUT2D eigenvalue weighted by Crippen LogP contribution is -2.56. The van der Waals surface area contributed by atoms with Gasteiger partial charge in [0.2, 0.25) is 5.91 Å². The Hall–Kier alpha value is -2.43. The summed E-state index contributed by atoms with van der Waals surface area (Å²) in [5, 5.41) is 6.06. The van der Waals surface area contributed by atoms with Crippen LogP contribution in [0.4, 0.5) is 5.82 Å². The molecule has 0 aromatic carbocycles. The number of carbonyl (C=O) groups excluding carboxylic acids is 2. The minimum absolute atomic E-state index is 0.158. The molecule has 5 saturated heterocycles. The number of rotatable bonds is 19. The molecule has 14 heteroatoms. The molecule has 1 aromatic rings. The lowest BCUT2D eigenvalue weighted by Gasteiger charge is -2.35. The maximum absolute atomic E-state index is 13.8. The van der Waals surface area contributed by atoms with Crippen molar-refractivity contribution in [2.24, 2.45) is 0 Å². The second-order valence-electron chi connectivity index (χ2n) is 16.0. The van der Waals surface area contributed by atoms with E-state index in [0.29, 0.717) is 19.7 Å². The monoisotopic (exact) mass is 745 g/mol. The minimum Gasteiger partial charge on any atom is -0.373 e. The fraction of sp³-hybridized carbons (Fsp3) is 0.821. The highest BCUT2D eigenvalue weighted by molar-refractivity contribution is 5.84. The van der Waals surface area contributed by atoms with E-state index in [1.807, 2.05) is 32.0 Å². The number of fused-ring (bicyclic) bond motifs is 2. The summed E-state index contributed by atoms with van der Waals surface area (Å²) in [5.41, 5.74) is 0. The first-order valence-electron chi connectivity index (χ1n) is 20.1. The number of nitrogens with zero attached hydrogens (tertiary/aromatic N) is 3. The summed E-state index contributed by atoms with van der Waals surface area (Å²) in [6.07, 6.45) is 9.87. The number of aromatic nitrogens is 1. The number of piperazine rings is 1. The number of nitrogens with one attached hydrogen (secondary N) is 2. The van der Waals surface area contributed by atoms with Gasteiger partial charge in [-0.15, -0.1) is 0 Å². The number of amides is 2. The summed E-state index contributed by atoms with van der Waals surface area (Å²) in [6.45, 7) is 13.4. The molecule has 5 aliphatic rings. The fourth-order valence-electron chi connectivity index (χ4n) is 8.02. The highest BCUT2D eigenvalue weighted by atomic mass is 16.8. The van der Waals surface area contributed by atoms with Crippen LogP contribution in [-0.2, 0) is 42.7 Å². The van der Waals surface area contributed by atoms with Gasteiger partial charge in [-0.05, 0) is 46.2 Å². The minimum atomic E-state index is -1.02. The van der Waals surface area contributed by atoms with E-state index in [0.717, 1.165) is 31.7 Å². The molecular weight excluding hydrogens is 682 g/mol. The van der Waals surface area contributed by atoms with Crippen LogP contribution in [0.15, 0.2) is 24.4 Å². The average molecular weight is 746 g/mol. The Labute approximate surface area is 315 Å². The van der Waals surface area contributed by atoms with Crippen LogP contribution in [0.2, 0.25) is 0 Å². The van der Waals surface area contributed by atoms with Gasteiger partial charge in [0.15, 0.2) is 30.3 Å². The highest BCUT2D eigenvalue weighted by Gasteiger charge is 2.58. The molecule has 2 N–H and O–H groups in total. The molecule has 0 spiro atoms. The van der Waals surface area contributed by atoms with Crippen molar-refractivity contribution >= 4 is 17.6 Å². The third kappa shape index (κ3) is 10.9. The maximum Gasteiger partial charge on any atom is 0.251 e. The van der Waals surface area contributed by atoms with Crippen molar-refractivity contribution in [2.45, 2.75) is 160 Å². The van der Waals surface area contributed by atoms with E-state index in [1.165, 1.54) is 51.4 Å². The third-order valence-electron chi connectivity index (χ3n) is 10.7. The van der Waals surface area contributed by atoms with E-state index in [2.05, 4.69) is 32.3 Å². The molecule has 5 aliphatic heterocycles. The standard InChI is InChI=1S/C39H63N5O9/c1-6-7-8-9-10-11-12-13-14-17-24-47-31-27(48-37-34(31)51-39(4,5)53-37)25-41-35(46)32-30(33-36(49-32)52-38(2,3)50-33)42-29(45)26-43-20-22-44(23-21-43)28-18-15-16-19-40-28/h15-16,18-19,27,30-34,36-37H,6-14,17,20-26H2,1-5H3,(H,41,46)(H,42,45). The van der Waals surface area contributed by atoms with Gasteiger partial charge in [0.05, 0.1) is 12.6 Å². The van der Waals surface area contributed by atoms with Crippen LogP contribution in [0, 0.1) is 0 Å². The molecule has 8 atom stereocenters. The number of pyridine rings is 1. The van der Waals surface area contributed by atoms with E-state index >= 15 is 0 Å². The van der Waals surface area contributed by atoms with Gasteiger partial charge in [-0.3, -0.25) is 14.5 Å². The van der Waals surface area contributed by atoms with Crippen molar-refractivity contribution in [3.63, 3.8) is 0 Å². The molecule has 0 bridgehead atoms. The van der Waals surface area contributed by atoms with Gasteiger partial charge < -0.3 is 48.7 Å². The van der Waals surface area contributed by atoms with Crippen LogP contribution in [0.3, 0.4) is 0 Å². The van der Waals surface area contributed by atoms with Crippen molar-refractivity contribution in [2.75, 3.05) is 50.8 Å². The van der Waals surface area contributed by atoms with E-state index in [-0.39, 0.29) is 19.0 Å². The van der Waals surface area contributed by atoms with Gasteiger partial charge in [-0.1, -0.05) is 70.8 Å². The van der Waals surface area contributed by atoms with Crippen LogP contribution < -0.4 is 15.5 Å². The second kappa shape index (κ2) is 18.5. The Kier molecular flexibility index (Phi) is 14.0. The molecule has 0 radical (unpaired) electrons. The molecule has 0 aliphatic carbocycles. The van der Waals surface area contributed by atoms with Gasteiger partial charge in [-0.25, -0.2) is 4.98 Å². The summed E-state index contributed by atoms with van der Waals surface area (Å²) in [4.78, 5) is 36.0. The van der Waals surface area contributed by atoms with Gasteiger partial charge in [0.1, 0.15) is 30.2 Å². The summed E-state index contributed by atoms with van der Waals surface area (Å²) in [5.74, 6) is -1.37. The van der Waals surface area contributed by atoms with E-state index in [4.69, 9.17) is 33.2 Å². The van der Waals surface area contributed by atoms with Crippen molar-refractivity contribution in [3.05, 3.63) is 24.4 Å². The normalized spacial score (nSPS) is 31.8. The largest absolute Gasteiger partial charge is 0.373 e. The van der Waals surface area contributed by atoms with E-state index in [1.54, 1.807) is 20.0 Å². The Morgan fingerprint density at radius 1 is 0.830 bits per heavy atom. The molecule has 0 saturated carbocycles. The zero-order valence-electron chi connectivity index (χ0n) is 32.5. The lowest BCUT2D eigenvalue weighted by molar-refractivity contribution is -0.218. The summed E-state index contributed by atoms with van der Waals surface area (Å²) in [6, 6.07) is 5.12. The molecular formula is C39H63N5O9. The van der Waals surface area contributed by atoms with Crippen molar-refractivity contribution in [3.8, 4) is 0 Å². The predicted octanol–water partition coefficient (Wildman–Crippen LogP) is 3.86. The smallest absolute Gasteiger partial charge is 0.251 e. The number of carbonyl (C=O) groups is 2. The predicted molar refractivity (Wildman–Crippen MR) is 197 cm³/mol. The maximum atomic E-state index is 13.8. The third-order valence-corrected chi connectivity index (χ3v) is 10.7. The van der Waals surface area contributed by atoms with Crippen LogP contribution in [-0.4, -0.2) is 128 Å². The van der Waals surface area contributed by atoms with Crippen LogP contribution in [0.5, 0.6) is 0 Å². The Balaban J connectivity index is 0.985. The quantitative estimate of drug-likeness (QED) is 0.199. The first-order chi connectivity index (χ1) is 25.5. The molecule has 1 aromatic heterocycles. The lowest BCUT2D eigenvalue weighted by atomic mass is 10.1. The Morgan fingerprint density at radius 2 is 1.47 bits per heavy atom. The van der Waals surface area contributed by atoms with Crippen molar-refractivity contribution in [1.82, 2.24) is 20.5 Å². The van der Waals surface area contributed by atoms with E-state index in [9.17, 15) is 9.59 Å². The first kappa shape index (κ1) is 40.2. The molecule has 8 unspecified atom stereocenters. The zero-order chi connectivity index (χ0) is 37.4. The number of hydrogen-bond donors (Lipinski definition) is 2. The molecule has 298 valence electrons. The van der Waals surface area contributed by atoms with Crippen LogP contribution in [0.25, 0.3) is 0 Å². The number of unbranched alkanes of at least 4 members (excludes halogenated alkanes) is 9. The van der Waals surface area contributed by atoms with Crippen LogP contribution in [0.1, 0.15) is 98.8 Å². The Bertz CT molecular complexity index is 1310. The zero-order valence-corrected chi connectivity index (χ0v) is 32.5. The van der Waals surface area contributed by atoms with Gasteiger partial charge in [0.25, 0.3) is 5.91 Å². The molecule has 6 rings (SSSR count). The number of anilines is 1. The van der Waals surface area contributed by atoms with E-state index < -0.39 is 66.6 Å². The fourth-order valence-corrected chi connectivity index (χ4v) is 8.02. The topological polar surface area (TPSA) is 142 Å². The molecule has 2 amide bonds. The van der Waals surface area contributed by atoms with Gasteiger partial charge in [0, 0.05) is 45.5 Å². The first-order valence-corrected chi connectivity index (χ1v) is 20.1. The van der Waals surface area contributed by atoms with Gasteiger partial charge >= 0.3 is 0 Å². The van der Waals surface area contributed by atoms with Crippen LogP contribution >= 0.6 is 0 Å². The molecule has 5 fully saturated rings. The van der Waals surface area contributed by atoms with Crippen molar-refractivity contribution in [1.29, 1.82) is 0 Å². The molecule has 53 heavy (non-hydrogen) atoms. The Morgan fingerprint density at radius 3 is 2.13 bits per heavy atom. The average Bonchev–Trinajstić information content (AvgIpc) is 3.81. The number of ether oxygens (including phenoxy) is 7. The highest BCUT2D eigenvalue weighted by Crippen LogP contribution is 2.40. The summed E-state index contributed by atoms with van der Waals surface area (Å²) >= 11 is 0. The van der Waals surface area contributed by atoms with Crippen molar-refractivity contribution < 1.29 is 42.7 Å². The van der Waals surface area contributed by atoms with Gasteiger partial charge in [-0.2, -0.15) is 0 Å². The number of hydrogen-bond acceptors (Lipinski definition) is 12. The molecule has 14 nitrogen and oxygen atoms in total.